The molecule has 106 valence electrons. The van der Waals surface area contributed by atoms with Gasteiger partial charge >= 0.3 is 0 Å². The van der Waals surface area contributed by atoms with Crippen molar-refractivity contribution >= 4 is 11.6 Å². The molecule has 6 nitrogen and oxygen atoms in total. The molecule has 1 saturated heterocycles. The molecule has 1 fully saturated rings. The molecule has 0 aliphatic carbocycles. The Kier molecular flexibility index (Phi) is 4.09. The van der Waals surface area contributed by atoms with Gasteiger partial charge in [0.2, 0.25) is 0 Å². The Morgan fingerprint density at radius 3 is 2.95 bits per heavy atom. The Morgan fingerprint density at radius 2 is 2.37 bits per heavy atom. The molecule has 1 aromatic rings. The number of anilines is 1. The maximum atomic E-state index is 12.2. The zero-order valence-corrected chi connectivity index (χ0v) is 11.9. The lowest BCUT2D eigenvalue weighted by atomic mass is 9.94. The highest BCUT2D eigenvalue weighted by atomic mass is 16.2. The lowest BCUT2D eigenvalue weighted by Crippen LogP contribution is -2.49. The van der Waals surface area contributed by atoms with Crippen molar-refractivity contribution in [2.24, 2.45) is 5.92 Å². The fourth-order valence-electron chi connectivity index (χ4n) is 2.58. The van der Waals surface area contributed by atoms with E-state index >= 15 is 0 Å². The van der Waals surface area contributed by atoms with E-state index in [1.54, 1.807) is 10.9 Å². The van der Waals surface area contributed by atoms with Crippen molar-refractivity contribution in [2.45, 2.75) is 32.9 Å². The molecule has 0 radical (unpaired) electrons. The van der Waals surface area contributed by atoms with Crippen LogP contribution in [0.15, 0.2) is 6.20 Å². The molecule has 1 aliphatic rings. The molecule has 2 atom stereocenters. The monoisotopic (exact) mass is 265 g/mol. The van der Waals surface area contributed by atoms with Crippen LogP contribution in [0.3, 0.4) is 0 Å². The van der Waals surface area contributed by atoms with Crippen LogP contribution in [0.25, 0.3) is 0 Å². The summed E-state index contributed by atoms with van der Waals surface area (Å²) in [6.45, 7) is 6.85. The van der Waals surface area contributed by atoms with Gasteiger partial charge in [-0.15, -0.1) is 0 Å². The average Bonchev–Trinajstić information content (AvgIpc) is 2.74. The van der Waals surface area contributed by atoms with E-state index in [4.69, 9.17) is 5.73 Å². The lowest BCUT2D eigenvalue weighted by molar-refractivity contribution is 0.0879. The molecule has 6 heteroatoms. The fourth-order valence-corrected chi connectivity index (χ4v) is 2.58. The first-order valence-electron chi connectivity index (χ1n) is 6.83. The number of aromatic nitrogens is 2. The molecule has 2 heterocycles. The van der Waals surface area contributed by atoms with E-state index in [1.165, 1.54) is 0 Å². The highest BCUT2D eigenvalue weighted by Crippen LogP contribution is 2.17. The van der Waals surface area contributed by atoms with E-state index < -0.39 is 0 Å². The normalized spacial score (nSPS) is 24.4. The summed E-state index contributed by atoms with van der Waals surface area (Å²) in [6.07, 6.45) is 2.67. The van der Waals surface area contributed by atoms with Crippen molar-refractivity contribution in [3.05, 3.63) is 11.9 Å². The van der Waals surface area contributed by atoms with Gasteiger partial charge in [0.25, 0.3) is 5.91 Å². The van der Waals surface area contributed by atoms with Gasteiger partial charge in [0.1, 0.15) is 0 Å². The maximum absolute atomic E-state index is 12.2. The Labute approximate surface area is 113 Å². The number of nitrogen functional groups attached to an aromatic ring is 1. The molecule has 0 bridgehead atoms. The largest absolute Gasteiger partial charge is 0.396 e. The molecule has 0 saturated carbocycles. The van der Waals surface area contributed by atoms with Gasteiger partial charge in [0.05, 0.1) is 5.69 Å². The SMILES string of the molecule is CCn1cc(N)c(C(=O)NC2CCN(C)CC2C)n1. The summed E-state index contributed by atoms with van der Waals surface area (Å²) in [6, 6.07) is 0.204. The molecule has 1 aliphatic heterocycles. The summed E-state index contributed by atoms with van der Waals surface area (Å²) in [5.41, 5.74) is 6.61. The van der Waals surface area contributed by atoms with Crippen LogP contribution in [0, 0.1) is 5.92 Å². The summed E-state index contributed by atoms with van der Waals surface area (Å²) in [5, 5.41) is 7.27. The predicted molar refractivity (Wildman–Crippen MR) is 74.8 cm³/mol. The summed E-state index contributed by atoms with van der Waals surface area (Å²) >= 11 is 0. The van der Waals surface area contributed by atoms with Gasteiger partial charge in [-0.3, -0.25) is 9.48 Å². The van der Waals surface area contributed by atoms with E-state index in [9.17, 15) is 4.79 Å². The van der Waals surface area contributed by atoms with Crippen LogP contribution in [0.5, 0.6) is 0 Å². The van der Waals surface area contributed by atoms with Crippen molar-refractivity contribution in [3.63, 3.8) is 0 Å². The predicted octanol–water partition coefficient (Wildman–Crippen LogP) is 0.555. The average molecular weight is 265 g/mol. The number of piperidine rings is 1. The van der Waals surface area contributed by atoms with Gasteiger partial charge < -0.3 is 16.0 Å². The topological polar surface area (TPSA) is 76.2 Å². The summed E-state index contributed by atoms with van der Waals surface area (Å²) < 4.78 is 1.68. The number of nitrogens with two attached hydrogens (primary N) is 1. The molecule has 19 heavy (non-hydrogen) atoms. The number of nitrogens with zero attached hydrogens (tertiary/aromatic N) is 3. The van der Waals surface area contributed by atoms with Crippen molar-refractivity contribution < 1.29 is 4.79 Å². The Balaban J connectivity index is 2.02. The van der Waals surface area contributed by atoms with E-state index in [-0.39, 0.29) is 11.9 Å². The van der Waals surface area contributed by atoms with Crippen LogP contribution in [0.2, 0.25) is 0 Å². The Hall–Kier alpha value is -1.56. The standard InChI is InChI=1S/C13H23N5O/c1-4-18-8-10(14)12(16-18)13(19)15-11-5-6-17(3)7-9(11)2/h8-9,11H,4-7,14H2,1-3H3,(H,15,19). The quantitative estimate of drug-likeness (QED) is 0.837. The summed E-state index contributed by atoms with van der Waals surface area (Å²) in [5.74, 6) is 0.281. The van der Waals surface area contributed by atoms with Gasteiger partial charge in [-0.05, 0) is 32.9 Å². The number of aryl methyl sites for hydroxylation is 1. The van der Waals surface area contributed by atoms with Crippen LogP contribution in [-0.2, 0) is 6.54 Å². The van der Waals surface area contributed by atoms with Crippen molar-refractivity contribution in [2.75, 3.05) is 25.9 Å². The first-order chi connectivity index (χ1) is 9.01. The van der Waals surface area contributed by atoms with Crippen LogP contribution in [0.1, 0.15) is 30.8 Å². The van der Waals surface area contributed by atoms with E-state index in [0.29, 0.717) is 23.8 Å². The smallest absolute Gasteiger partial charge is 0.274 e. The highest BCUT2D eigenvalue weighted by molar-refractivity contribution is 5.97. The lowest BCUT2D eigenvalue weighted by Gasteiger charge is -2.35. The first-order valence-corrected chi connectivity index (χ1v) is 6.83. The fraction of sp³-hybridized carbons (Fsp3) is 0.692. The molecule has 2 rings (SSSR count). The number of carbonyl (C=O) groups is 1. The van der Waals surface area contributed by atoms with Gasteiger partial charge in [0, 0.05) is 25.3 Å². The van der Waals surface area contributed by atoms with Crippen LogP contribution < -0.4 is 11.1 Å². The van der Waals surface area contributed by atoms with E-state index in [0.717, 1.165) is 19.5 Å². The third-order valence-electron chi connectivity index (χ3n) is 3.75. The zero-order chi connectivity index (χ0) is 14.0. The van der Waals surface area contributed by atoms with Gasteiger partial charge in [-0.25, -0.2) is 0 Å². The number of nitrogens with one attached hydrogen (secondary N) is 1. The number of hydrogen-bond acceptors (Lipinski definition) is 4. The summed E-state index contributed by atoms with van der Waals surface area (Å²) in [4.78, 5) is 14.5. The van der Waals surface area contributed by atoms with Crippen molar-refractivity contribution in [1.82, 2.24) is 20.0 Å². The molecule has 0 spiro atoms. The number of carbonyl (C=O) groups excluding carboxylic acids is 1. The number of hydrogen-bond donors (Lipinski definition) is 2. The van der Waals surface area contributed by atoms with Crippen LogP contribution >= 0.6 is 0 Å². The molecule has 1 amide bonds. The summed E-state index contributed by atoms with van der Waals surface area (Å²) in [7, 11) is 2.11. The molecule has 1 aromatic heterocycles. The minimum atomic E-state index is -0.161. The Morgan fingerprint density at radius 1 is 1.63 bits per heavy atom. The van der Waals surface area contributed by atoms with Gasteiger partial charge in [-0.2, -0.15) is 5.10 Å². The van der Waals surface area contributed by atoms with Gasteiger partial charge in [-0.1, -0.05) is 6.92 Å². The molecule has 0 aromatic carbocycles. The minimum Gasteiger partial charge on any atom is -0.396 e. The van der Waals surface area contributed by atoms with Gasteiger partial charge in [0.15, 0.2) is 5.69 Å². The highest BCUT2D eigenvalue weighted by Gasteiger charge is 2.27. The van der Waals surface area contributed by atoms with Crippen LogP contribution in [0.4, 0.5) is 5.69 Å². The first kappa shape index (κ1) is 13.9. The Bertz CT molecular complexity index is 456. The number of amides is 1. The second-order valence-corrected chi connectivity index (χ2v) is 5.40. The second kappa shape index (κ2) is 5.61. The van der Waals surface area contributed by atoms with Crippen molar-refractivity contribution in [1.29, 1.82) is 0 Å². The van der Waals surface area contributed by atoms with Crippen LogP contribution in [-0.4, -0.2) is 46.8 Å². The molecule has 3 N–H and O–H groups in total. The maximum Gasteiger partial charge on any atom is 0.274 e. The van der Waals surface area contributed by atoms with E-state index in [2.05, 4.69) is 29.3 Å². The van der Waals surface area contributed by atoms with Crippen molar-refractivity contribution in [3.8, 4) is 0 Å². The second-order valence-electron chi connectivity index (χ2n) is 5.40. The molecular formula is C13H23N5O. The minimum absolute atomic E-state index is 0.161. The third kappa shape index (κ3) is 3.07. The van der Waals surface area contributed by atoms with E-state index in [1.807, 2.05) is 6.92 Å². The molecule has 2 unspecified atom stereocenters. The third-order valence-corrected chi connectivity index (χ3v) is 3.75. The molecular weight excluding hydrogens is 242 g/mol. The number of likely N-dealkylation sites (tertiary alicyclic amines) is 1. The zero-order valence-electron chi connectivity index (χ0n) is 11.9. The number of rotatable bonds is 3.